The Balaban J connectivity index is 1.75. The minimum Gasteiger partial charge on any atom is -0.489 e. The van der Waals surface area contributed by atoms with E-state index in [-0.39, 0.29) is 5.88 Å². The number of H-pyrrole nitrogens is 1. The number of nitriles is 1. The van der Waals surface area contributed by atoms with Crippen LogP contribution in [0.2, 0.25) is 0 Å². The molecule has 1 aromatic heterocycles. The van der Waals surface area contributed by atoms with Gasteiger partial charge in [-0.25, -0.2) is 0 Å². The number of aromatic nitrogens is 2. The van der Waals surface area contributed by atoms with E-state index in [1.165, 1.54) is 5.56 Å². The van der Waals surface area contributed by atoms with Crippen LogP contribution < -0.4 is 15.2 Å². The topological polar surface area (TPSA) is 96.9 Å². The van der Waals surface area contributed by atoms with Gasteiger partial charge in [-0.15, -0.1) is 5.10 Å². The molecule has 3 N–H and O–H groups in total. The second kappa shape index (κ2) is 7.12. The number of nitrogens with two attached hydrogens (primary N) is 1. The number of hydrogen-bond donors (Lipinski definition) is 2. The Labute approximate surface area is 163 Å². The van der Waals surface area contributed by atoms with Crippen LogP contribution in [0.4, 0.5) is 0 Å². The predicted molar refractivity (Wildman–Crippen MR) is 105 cm³/mol. The largest absolute Gasteiger partial charge is 0.489 e. The highest BCUT2D eigenvalue weighted by Gasteiger charge is 2.35. The quantitative estimate of drug-likeness (QED) is 0.725. The lowest BCUT2D eigenvalue weighted by Crippen LogP contribution is -2.21. The maximum Gasteiger partial charge on any atom is 0.244 e. The second-order valence-electron chi connectivity index (χ2n) is 6.81. The fraction of sp³-hybridized carbons (Fsp3) is 0.182. The molecule has 1 aliphatic rings. The molecule has 0 saturated heterocycles. The fourth-order valence-corrected chi connectivity index (χ4v) is 3.52. The molecule has 28 heavy (non-hydrogen) atoms. The molecule has 6 nitrogen and oxygen atoms in total. The van der Waals surface area contributed by atoms with E-state index in [2.05, 4.69) is 35.3 Å². The molecule has 0 aliphatic carbocycles. The highest BCUT2D eigenvalue weighted by atomic mass is 16.5. The van der Waals surface area contributed by atoms with Crippen molar-refractivity contribution in [1.82, 2.24) is 10.2 Å². The summed E-state index contributed by atoms with van der Waals surface area (Å²) in [7, 11) is 0. The Morgan fingerprint density at radius 3 is 2.82 bits per heavy atom. The van der Waals surface area contributed by atoms with Gasteiger partial charge in [0.2, 0.25) is 11.8 Å². The zero-order valence-electron chi connectivity index (χ0n) is 15.7. The first-order valence-electron chi connectivity index (χ1n) is 8.98. The standard InChI is InChI=1S/C22H20N4O2/c1-13-6-5-7-15(10-13)12-27-18-9-4-3-8-16(18)20-17(11-23)21(24)28-22-19(20)14(2)25-26-22/h3-10,20H,12,24H2,1-2H3,(H,25,26)/t20-/m0/s1. The van der Waals surface area contributed by atoms with Crippen LogP contribution in [0.3, 0.4) is 0 Å². The molecule has 0 unspecified atom stereocenters. The second-order valence-corrected chi connectivity index (χ2v) is 6.81. The Morgan fingerprint density at radius 1 is 1.21 bits per heavy atom. The summed E-state index contributed by atoms with van der Waals surface area (Å²) in [6, 6.07) is 18.1. The van der Waals surface area contributed by atoms with Crippen molar-refractivity contribution in [3.63, 3.8) is 0 Å². The average Bonchev–Trinajstić information content (AvgIpc) is 3.06. The number of rotatable bonds is 4. The van der Waals surface area contributed by atoms with E-state index in [9.17, 15) is 5.26 Å². The third-order valence-corrected chi connectivity index (χ3v) is 4.84. The summed E-state index contributed by atoms with van der Waals surface area (Å²) in [5.41, 5.74) is 11.1. The van der Waals surface area contributed by atoms with Crippen molar-refractivity contribution in [2.75, 3.05) is 0 Å². The predicted octanol–water partition coefficient (Wildman–Crippen LogP) is 3.82. The molecule has 1 aliphatic heterocycles. The number of allylic oxidation sites excluding steroid dienone is 1. The number of aromatic amines is 1. The molecule has 2 aromatic carbocycles. The molecule has 2 heterocycles. The Kier molecular flexibility index (Phi) is 4.50. The summed E-state index contributed by atoms with van der Waals surface area (Å²) < 4.78 is 11.7. The molecule has 4 rings (SSSR count). The minimum absolute atomic E-state index is 0.0694. The van der Waals surface area contributed by atoms with Crippen LogP contribution in [-0.4, -0.2) is 10.2 Å². The first-order chi connectivity index (χ1) is 13.6. The van der Waals surface area contributed by atoms with Crippen LogP contribution >= 0.6 is 0 Å². The lowest BCUT2D eigenvalue weighted by atomic mass is 9.83. The molecular formula is C22H20N4O2. The van der Waals surface area contributed by atoms with E-state index in [1.807, 2.05) is 43.3 Å². The zero-order chi connectivity index (χ0) is 19.7. The Morgan fingerprint density at radius 2 is 2.04 bits per heavy atom. The third-order valence-electron chi connectivity index (χ3n) is 4.84. The number of benzene rings is 2. The Hall–Kier alpha value is -3.72. The van der Waals surface area contributed by atoms with E-state index in [1.54, 1.807) is 0 Å². The maximum absolute atomic E-state index is 9.74. The molecule has 0 spiro atoms. The van der Waals surface area contributed by atoms with Gasteiger partial charge in [-0.1, -0.05) is 48.0 Å². The Bertz CT molecular complexity index is 1110. The summed E-state index contributed by atoms with van der Waals surface area (Å²) >= 11 is 0. The molecule has 140 valence electrons. The SMILES string of the molecule is Cc1cccc(COc2ccccc2[C@H]2C(C#N)=C(N)Oc3n[nH]c(C)c32)c1. The third kappa shape index (κ3) is 3.08. The summed E-state index contributed by atoms with van der Waals surface area (Å²) in [5, 5.41) is 16.8. The number of aryl methyl sites for hydroxylation is 2. The lowest BCUT2D eigenvalue weighted by Gasteiger charge is -2.25. The van der Waals surface area contributed by atoms with Gasteiger partial charge in [0.05, 0.1) is 5.92 Å². The molecule has 0 bridgehead atoms. The first kappa shape index (κ1) is 17.7. The van der Waals surface area contributed by atoms with E-state index >= 15 is 0 Å². The molecule has 6 heteroatoms. The summed E-state index contributed by atoms with van der Waals surface area (Å²) in [6.45, 7) is 4.38. The summed E-state index contributed by atoms with van der Waals surface area (Å²) in [4.78, 5) is 0. The smallest absolute Gasteiger partial charge is 0.244 e. The van der Waals surface area contributed by atoms with Crippen molar-refractivity contribution >= 4 is 0 Å². The minimum atomic E-state index is -0.402. The lowest BCUT2D eigenvalue weighted by molar-refractivity contribution is 0.301. The summed E-state index contributed by atoms with van der Waals surface area (Å²) in [5.74, 6) is 0.761. The van der Waals surface area contributed by atoms with Crippen LogP contribution in [-0.2, 0) is 6.61 Å². The van der Waals surface area contributed by atoms with Crippen LogP contribution in [0.15, 0.2) is 60.0 Å². The van der Waals surface area contributed by atoms with Crippen molar-refractivity contribution in [2.45, 2.75) is 26.4 Å². The van der Waals surface area contributed by atoms with Crippen molar-refractivity contribution in [3.8, 4) is 17.7 Å². The van der Waals surface area contributed by atoms with Crippen LogP contribution in [0.25, 0.3) is 0 Å². The zero-order valence-corrected chi connectivity index (χ0v) is 15.7. The normalized spacial score (nSPS) is 15.5. The van der Waals surface area contributed by atoms with Crippen molar-refractivity contribution < 1.29 is 9.47 Å². The van der Waals surface area contributed by atoms with E-state index in [0.29, 0.717) is 23.8 Å². The number of nitrogens with zero attached hydrogens (tertiary/aromatic N) is 2. The summed E-state index contributed by atoms with van der Waals surface area (Å²) in [6.07, 6.45) is 0. The van der Waals surface area contributed by atoms with E-state index in [0.717, 1.165) is 22.4 Å². The molecular weight excluding hydrogens is 352 g/mol. The number of para-hydroxylation sites is 1. The fourth-order valence-electron chi connectivity index (χ4n) is 3.52. The van der Waals surface area contributed by atoms with Crippen LogP contribution in [0.5, 0.6) is 11.6 Å². The van der Waals surface area contributed by atoms with Crippen molar-refractivity contribution in [3.05, 3.63) is 87.9 Å². The van der Waals surface area contributed by atoms with E-state index in [4.69, 9.17) is 15.2 Å². The maximum atomic E-state index is 9.74. The highest BCUT2D eigenvalue weighted by molar-refractivity contribution is 5.57. The van der Waals surface area contributed by atoms with Gasteiger partial charge >= 0.3 is 0 Å². The van der Waals surface area contributed by atoms with Crippen LogP contribution in [0.1, 0.15) is 33.9 Å². The monoisotopic (exact) mass is 372 g/mol. The molecule has 1 atom stereocenters. The highest BCUT2D eigenvalue weighted by Crippen LogP contribution is 2.45. The van der Waals surface area contributed by atoms with E-state index < -0.39 is 5.92 Å². The van der Waals surface area contributed by atoms with Gasteiger partial charge in [-0.3, -0.25) is 5.10 Å². The van der Waals surface area contributed by atoms with Gasteiger partial charge in [-0.05, 0) is 25.5 Å². The van der Waals surface area contributed by atoms with Crippen molar-refractivity contribution in [1.29, 1.82) is 5.26 Å². The number of ether oxygens (including phenoxy) is 2. The number of hydrogen-bond acceptors (Lipinski definition) is 5. The van der Waals surface area contributed by atoms with Gasteiger partial charge in [0.15, 0.2) is 0 Å². The van der Waals surface area contributed by atoms with Crippen molar-refractivity contribution in [2.24, 2.45) is 5.73 Å². The molecule has 0 amide bonds. The average molecular weight is 372 g/mol. The number of nitrogens with one attached hydrogen (secondary N) is 1. The molecule has 0 saturated carbocycles. The van der Waals surface area contributed by atoms with Gasteiger partial charge in [0, 0.05) is 16.8 Å². The molecule has 0 radical (unpaired) electrons. The molecule has 3 aromatic rings. The van der Waals surface area contributed by atoms with Gasteiger partial charge < -0.3 is 15.2 Å². The first-order valence-corrected chi connectivity index (χ1v) is 8.98. The number of fused-ring (bicyclic) bond motifs is 1. The van der Waals surface area contributed by atoms with Crippen LogP contribution in [0, 0.1) is 25.2 Å². The van der Waals surface area contributed by atoms with Gasteiger partial charge in [-0.2, -0.15) is 5.26 Å². The van der Waals surface area contributed by atoms with Gasteiger partial charge in [0.25, 0.3) is 0 Å². The molecule has 0 fully saturated rings. The van der Waals surface area contributed by atoms with Gasteiger partial charge in [0.1, 0.15) is 24.0 Å².